The van der Waals surface area contributed by atoms with Crippen LogP contribution in [0.4, 0.5) is 0 Å². The van der Waals surface area contributed by atoms with E-state index in [1.165, 1.54) is 6.42 Å². The SMILES string of the molecule is O=C(C1CCN(Cc2ccco2)CC1)N1CCCCC1c1ccccn1. The maximum Gasteiger partial charge on any atom is 0.226 e. The standard InChI is InChI=1S/C21H27N3O2/c25-21(17-9-13-23(14-10-17)16-18-6-5-15-26-18)24-12-4-2-8-20(24)19-7-1-3-11-22-19/h1,3,5-7,11,15,17,20H,2,4,8-10,12-14,16H2. The van der Waals surface area contributed by atoms with Crippen LogP contribution in [0.2, 0.25) is 0 Å². The quantitative estimate of drug-likeness (QED) is 0.842. The van der Waals surface area contributed by atoms with Crippen molar-refractivity contribution in [2.45, 2.75) is 44.7 Å². The maximum atomic E-state index is 13.2. The summed E-state index contributed by atoms with van der Waals surface area (Å²) in [6.45, 7) is 3.62. The summed E-state index contributed by atoms with van der Waals surface area (Å²) in [5.41, 5.74) is 1.04. The van der Waals surface area contributed by atoms with Crippen LogP contribution in [0.3, 0.4) is 0 Å². The molecule has 5 heteroatoms. The van der Waals surface area contributed by atoms with Crippen LogP contribution in [0.15, 0.2) is 47.2 Å². The lowest BCUT2D eigenvalue weighted by atomic mass is 9.91. The van der Waals surface area contributed by atoms with Gasteiger partial charge in [-0.25, -0.2) is 0 Å². The molecule has 5 nitrogen and oxygen atoms in total. The van der Waals surface area contributed by atoms with Gasteiger partial charge in [0.15, 0.2) is 0 Å². The molecule has 0 saturated carbocycles. The lowest BCUT2D eigenvalue weighted by molar-refractivity contribution is -0.141. The van der Waals surface area contributed by atoms with Gasteiger partial charge < -0.3 is 9.32 Å². The molecule has 2 aliphatic heterocycles. The van der Waals surface area contributed by atoms with Gasteiger partial charge in [-0.3, -0.25) is 14.7 Å². The number of carbonyl (C=O) groups is 1. The molecule has 1 atom stereocenters. The Balaban J connectivity index is 1.37. The molecule has 2 saturated heterocycles. The van der Waals surface area contributed by atoms with E-state index in [1.807, 2.05) is 30.5 Å². The number of aromatic nitrogens is 1. The predicted molar refractivity (Wildman–Crippen MR) is 99.3 cm³/mol. The van der Waals surface area contributed by atoms with E-state index >= 15 is 0 Å². The van der Waals surface area contributed by atoms with Gasteiger partial charge in [0.2, 0.25) is 5.91 Å². The molecule has 26 heavy (non-hydrogen) atoms. The summed E-state index contributed by atoms with van der Waals surface area (Å²) in [4.78, 5) is 22.2. The second-order valence-electron chi connectivity index (χ2n) is 7.43. The van der Waals surface area contributed by atoms with Gasteiger partial charge >= 0.3 is 0 Å². The summed E-state index contributed by atoms with van der Waals surface area (Å²) in [5, 5.41) is 0. The van der Waals surface area contributed by atoms with Gasteiger partial charge in [0.05, 0.1) is 24.5 Å². The topological polar surface area (TPSA) is 49.6 Å². The van der Waals surface area contributed by atoms with Crippen molar-refractivity contribution < 1.29 is 9.21 Å². The molecule has 1 amide bonds. The normalized spacial score (nSPS) is 22.5. The fraction of sp³-hybridized carbons (Fsp3) is 0.524. The second-order valence-corrected chi connectivity index (χ2v) is 7.43. The van der Waals surface area contributed by atoms with Crippen LogP contribution >= 0.6 is 0 Å². The van der Waals surface area contributed by atoms with E-state index in [9.17, 15) is 4.79 Å². The Bertz CT molecular complexity index is 693. The average Bonchev–Trinajstić information content (AvgIpc) is 3.22. The van der Waals surface area contributed by atoms with Crippen LogP contribution in [0.5, 0.6) is 0 Å². The molecule has 0 spiro atoms. The van der Waals surface area contributed by atoms with E-state index in [1.54, 1.807) is 6.26 Å². The number of pyridine rings is 1. The van der Waals surface area contributed by atoms with Crippen LogP contribution in [0, 0.1) is 5.92 Å². The zero-order valence-electron chi connectivity index (χ0n) is 15.2. The van der Waals surface area contributed by atoms with E-state index in [2.05, 4.69) is 20.9 Å². The van der Waals surface area contributed by atoms with Crippen molar-refractivity contribution in [3.8, 4) is 0 Å². The van der Waals surface area contributed by atoms with E-state index < -0.39 is 0 Å². The first kappa shape index (κ1) is 17.3. The number of piperidine rings is 2. The third-order valence-electron chi connectivity index (χ3n) is 5.71. The summed E-state index contributed by atoms with van der Waals surface area (Å²) in [5.74, 6) is 1.48. The zero-order chi connectivity index (χ0) is 17.8. The van der Waals surface area contributed by atoms with E-state index in [0.29, 0.717) is 5.91 Å². The minimum absolute atomic E-state index is 0.146. The summed E-state index contributed by atoms with van der Waals surface area (Å²) < 4.78 is 5.44. The minimum Gasteiger partial charge on any atom is -0.468 e. The molecule has 4 heterocycles. The third kappa shape index (κ3) is 3.83. The molecule has 0 aliphatic carbocycles. The fourth-order valence-corrected chi connectivity index (χ4v) is 4.27. The van der Waals surface area contributed by atoms with Crippen LogP contribution in [-0.4, -0.2) is 40.3 Å². The highest BCUT2D eigenvalue weighted by Gasteiger charge is 2.34. The molecule has 2 fully saturated rings. The van der Waals surface area contributed by atoms with Gasteiger partial charge in [-0.1, -0.05) is 6.07 Å². The Morgan fingerprint density at radius 3 is 2.69 bits per heavy atom. The molecule has 0 radical (unpaired) electrons. The molecule has 1 unspecified atom stereocenters. The van der Waals surface area contributed by atoms with Crippen molar-refractivity contribution in [2.75, 3.05) is 19.6 Å². The van der Waals surface area contributed by atoms with E-state index in [-0.39, 0.29) is 12.0 Å². The van der Waals surface area contributed by atoms with Crippen molar-refractivity contribution in [1.29, 1.82) is 0 Å². The summed E-state index contributed by atoms with van der Waals surface area (Å²) in [7, 11) is 0. The molecule has 2 aromatic rings. The third-order valence-corrected chi connectivity index (χ3v) is 5.71. The number of furan rings is 1. The van der Waals surface area contributed by atoms with E-state index in [0.717, 1.165) is 63.3 Å². The molecule has 0 N–H and O–H groups in total. The molecule has 138 valence electrons. The van der Waals surface area contributed by atoms with Gasteiger partial charge in [0.25, 0.3) is 0 Å². The molecule has 2 aromatic heterocycles. The monoisotopic (exact) mass is 353 g/mol. The fourth-order valence-electron chi connectivity index (χ4n) is 4.27. The first-order chi connectivity index (χ1) is 12.8. The van der Waals surface area contributed by atoms with Crippen LogP contribution in [-0.2, 0) is 11.3 Å². The first-order valence-corrected chi connectivity index (χ1v) is 9.77. The van der Waals surface area contributed by atoms with E-state index in [4.69, 9.17) is 4.42 Å². The number of nitrogens with zero attached hydrogens (tertiary/aromatic N) is 3. The largest absolute Gasteiger partial charge is 0.468 e. The number of hydrogen-bond acceptors (Lipinski definition) is 4. The van der Waals surface area contributed by atoms with Crippen LogP contribution in [0.1, 0.15) is 49.6 Å². The number of hydrogen-bond donors (Lipinski definition) is 0. The molecular formula is C21H27N3O2. The maximum absolute atomic E-state index is 13.2. The van der Waals surface area contributed by atoms with Crippen molar-refractivity contribution in [1.82, 2.24) is 14.8 Å². The highest BCUT2D eigenvalue weighted by molar-refractivity contribution is 5.79. The Morgan fingerprint density at radius 2 is 1.96 bits per heavy atom. The number of rotatable bonds is 4. The van der Waals surface area contributed by atoms with Crippen molar-refractivity contribution >= 4 is 5.91 Å². The van der Waals surface area contributed by atoms with Crippen molar-refractivity contribution in [3.63, 3.8) is 0 Å². The second kappa shape index (κ2) is 8.04. The highest BCUT2D eigenvalue weighted by atomic mass is 16.3. The smallest absolute Gasteiger partial charge is 0.226 e. The van der Waals surface area contributed by atoms with Crippen LogP contribution in [0.25, 0.3) is 0 Å². The first-order valence-electron chi connectivity index (χ1n) is 9.77. The number of amides is 1. The summed E-state index contributed by atoms with van der Waals surface area (Å²) in [6.07, 6.45) is 8.73. The lowest BCUT2D eigenvalue weighted by Gasteiger charge is -2.39. The van der Waals surface area contributed by atoms with Crippen molar-refractivity contribution in [3.05, 3.63) is 54.2 Å². The van der Waals surface area contributed by atoms with Crippen LogP contribution < -0.4 is 0 Å². The highest BCUT2D eigenvalue weighted by Crippen LogP contribution is 2.32. The minimum atomic E-state index is 0.146. The Morgan fingerprint density at radius 1 is 1.08 bits per heavy atom. The molecule has 0 bridgehead atoms. The molecule has 4 rings (SSSR count). The predicted octanol–water partition coefficient (Wildman–Crippen LogP) is 3.64. The lowest BCUT2D eigenvalue weighted by Crippen LogP contribution is -2.45. The zero-order valence-corrected chi connectivity index (χ0v) is 15.2. The molecule has 0 aromatic carbocycles. The van der Waals surface area contributed by atoms with Gasteiger partial charge in [0, 0.05) is 18.7 Å². The van der Waals surface area contributed by atoms with Gasteiger partial charge in [-0.2, -0.15) is 0 Å². The Kier molecular flexibility index (Phi) is 5.34. The number of carbonyl (C=O) groups excluding carboxylic acids is 1. The van der Waals surface area contributed by atoms with Gasteiger partial charge in [-0.15, -0.1) is 0 Å². The number of likely N-dealkylation sites (tertiary alicyclic amines) is 2. The summed E-state index contributed by atoms with van der Waals surface area (Å²) in [6, 6.07) is 10.1. The molecule has 2 aliphatic rings. The average molecular weight is 353 g/mol. The summed E-state index contributed by atoms with van der Waals surface area (Å²) >= 11 is 0. The van der Waals surface area contributed by atoms with Crippen molar-refractivity contribution in [2.24, 2.45) is 5.92 Å². The Labute approximate surface area is 155 Å². The molecular weight excluding hydrogens is 326 g/mol. The van der Waals surface area contributed by atoms with Gasteiger partial charge in [-0.05, 0) is 69.5 Å². The van der Waals surface area contributed by atoms with Gasteiger partial charge in [0.1, 0.15) is 5.76 Å². The Hall–Kier alpha value is -2.14.